The second-order valence-electron chi connectivity index (χ2n) is 3.92. The van der Waals surface area contributed by atoms with Crippen molar-refractivity contribution in [3.8, 4) is 0 Å². The zero-order valence-corrected chi connectivity index (χ0v) is 9.85. The number of fused-ring (bicyclic) bond motifs is 3. The molecule has 0 amide bonds. The molecule has 82 valence electrons. The summed E-state index contributed by atoms with van der Waals surface area (Å²) in [5.74, 6) is 0. The first-order chi connectivity index (χ1) is 8.27. The second-order valence-corrected chi connectivity index (χ2v) is 4.91. The maximum Gasteiger partial charge on any atom is 0.349 e. The molecule has 0 aromatic heterocycles. The van der Waals surface area contributed by atoms with E-state index in [1.54, 1.807) is 12.1 Å². The Morgan fingerprint density at radius 3 is 2.35 bits per heavy atom. The molecule has 0 N–H and O–H groups in total. The van der Waals surface area contributed by atoms with Crippen molar-refractivity contribution in [2.24, 2.45) is 0 Å². The van der Waals surface area contributed by atoms with Crippen LogP contribution in [0.25, 0.3) is 21.5 Å². The molecule has 17 heavy (non-hydrogen) atoms. The summed E-state index contributed by atoms with van der Waals surface area (Å²) in [5, 5.41) is 4.38. The lowest BCUT2D eigenvalue weighted by Crippen LogP contribution is -2.05. The fraction of sp³-hybridized carbons (Fsp3) is 0. The van der Waals surface area contributed by atoms with Gasteiger partial charge >= 0.3 is 8.03 Å². The van der Waals surface area contributed by atoms with Crippen molar-refractivity contribution in [3.63, 3.8) is 0 Å². The standard InChI is InChI=1S/C14H9O2P/c15-17(16)14-7-3-6-12-11-5-2-1-4-10(11)8-9-13(12)14/h1-9H. The Labute approximate surface area is 99.4 Å². The Morgan fingerprint density at radius 1 is 0.765 bits per heavy atom. The van der Waals surface area contributed by atoms with E-state index in [1.807, 2.05) is 42.5 Å². The molecule has 3 aromatic rings. The van der Waals surface area contributed by atoms with E-state index in [0.717, 1.165) is 21.5 Å². The molecule has 3 aromatic carbocycles. The van der Waals surface area contributed by atoms with E-state index in [0.29, 0.717) is 5.30 Å². The van der Waals surface area contributed by atoms with Gasteiger partial charge in [0.25, 0.3) is 0 Å². The van der Waals surface area contributed by atoms with E-state index in [4.69, 9.17) is 0 Å². The minimum Gasteiger partial charge on any atom is -0.591 e. The molecular formula is C14H9O2P. The molecule has 0 radical (unpaired) electrons. The Kier molecular flexibility index (Phi) is 2.40. The average molecular weight is 240 g/mol. The summed E-state index contributed by atoms with van der Waals surface area (Å²) >= 11 is 0. The first-order valence-electron chi connectivity index (χ1n) is 5.32. The minimum atomic E-state index is -2.55. The largest absolute Gasteiger partial charge is 0.591 e. The number of benzene rings is 3. The van der Waals surface area contributed by atoms with E-state index in [-0.39, 0.29) is 0 Å². The molecular weight excluding hydrogens is 231 g/mol. The zero-order chi connectivity index (χ0) is 11.8. The van der Waals surface area contributed by atoms with Gasteiger partial charge < -0.3 is 4.89 Å². The van der Waals surface area contributed by atoms with E-state index >= 15 is 0 Å². The smallest absolute Gasteiger partial charge is 0.349 e. The molecule has 0 saturated carbocycles. The Morgan fingerprint density at radius 2 is 1.53 bits per heavy atom. The summed E-state index contributed by atoms with van der Waals surface area (Å²) in [6.07, 6.45) is 0. The third-order valence-corrected chi connectivity index (χ3v) is 3.74. The van der Waals surface area contributed by atoms with Crippen molar-refractivity contribution in [2.75, 3.05) is 0 Å². The first-order valence-corrected chi connectivity index (χ1v) is 6.50. The molecule has 1 unspecified atom stereocenters. The SMILES string of the molecule is O=[P+]([O-])c1cccc2c1ccc1ccccc12. The summed E-state index contributed by atoms with van der Waals surface area (Å²) in [5.41, 5.74) is 0. The number of hydrogen-bond donors (Lipinski definition) is 0. The molecule has 3 heteroatoms. The van der Waals surface area contributed by atoms with Crippen LogP contribution in [-0.4, -0.2) is 0 Å². The molecule has 0 bridgehead atoms. The van der Waals surface area contributed by atoms with Gasteiger partial charge in [0.15, 0.2) is 5.30 Å². The quantitative estimate of drug-likeness (QED) is 0.484. The van der Waals surface area contributed by atoms with Gasteiger partial charge in [-0.1, -0.05) is 47.0 Å². The van der Waals surface area contributed by atoms with Crippen LogP contribution in [0, 0.1) is 0 Å². The lowest BCUT2D eigenvalue weighted by Gasteiger charge is -2.04. The Balaban J connectivity index is 2.52. The van der Waals surface area contributed by atoms with Gasteiger partial charge in [0.05, 0.1) is 0 Å². The highest BCUT2D eigenvalue weighted by Crippen LogP contribution is 2.26. The predicted molar refractivity (Wildman–Crippen MR) is 68.7 cm³/mol. The number of rotatable bonds is 1. The molecule has 1 atom stereocenters. The highest BCUT2D eigenvalue weighted by Gasteiger charge is 2.12. The van der Waals surface area contributed by atoms with Gasteiger partial charge in [-0.15, -0.1) is 0 Å². The molecule has 0 fully saturated rings. The highest BCUT2D eigenvalue weighted by molar-refractivity contribution is 7.46. The van der Waals surface area contributed by atoms with Crippen molar-refractivity contribution >= 4 is 34.9 Å². The molecule has 0 heterocycles. The molecule has 0 aliphatic heterocycles. The summed E-state index contributed by atoms with van der Waals surface area (Å²) in [6.45, 7) is 0. The van der Waals surface area contributed by atoms with Gasteiger partial charge in [0.1, 0.15) is 0 Å². The molecule has 2 nitrogen and oxygen atoms in total. The Bertz CT molecular complexity index is 734. The van der Waals surface area contributed by atoms with E-state index in [1.165, 1.54) is 0 Å². The van der Waals surface area contributed by atoms with Crippen LogP contribution in [0.3, 0.4) is 0 Å². The molecule has 3 rings (SSSR count). The zero-order valence-electron chi connectivity index (χ0n) is 8.96. The lowest BCUT2D eigenvalue weighted by atomic mass is 10.0. The highest BCUT2D eigenvalue weighted by atomic mass is 31.1. The minimum absolute atomic E-state index is 0.392. The average Bonchev–Trinajstić information content (AvgIpc) is 2.37. The maximum atomic E-state index is 11.2. The third kappa shape index (κ3) is 1.62. The van der Waals surface area contributed by atoms with E-state index in [9.17, 15) is 9.46 Å². The predicted octanol–water partition coefficient (Wildman–Crippen LogP) is 2.72. The van der Waals surface area contributed by atoms with Crippen molar-refractivity contribution < 1.29 is 9.46 Å². The number of hydrogen-bond acceptors (Lipinski definition) is 2. The molecule has 0 spiro atoms. The normalized spacial score (nSPS) is 11.9. The van der Waals surface area contributed by atoms with Crippen molar-refractivity contribution in [3.05, 3.63) is 54.6 Å². The molecule has 0 saturated heterocycles. The van der Waals surface area contributed by atoms with Gasteiger partial charge in [-0.25, -0.2) is 0 Å². The first kappa shape index (κ1) is 10.4. The monoisotopic (exact) mass is 240 g/mol. The van der Waals surface area contributed by atoms with Crippen LogP contribution in [-0.2, 0) is 4.57 Å². The van der Waals surface area contributed by atoms with Gasteiger partial charge in [0, 0.05) is 5.39 Å². The van der Waals surface area contributed by atoms with Crippen LogP contribution in [0.1, 0.15) is 0 Å². The lowest BCUT2D eigenvalue weighted by molar-refractivity contribution is -0.160. The van der Waals surface area contributed by atoms with Crippen molar-refractivity contribution in [1.82, 2.24) is 0 Å². The van der Waals surface area contributed by atoms with Gasteiger partial charge in [0.2, 0.25) is 0 Å². The fourth-order valence-electron chi connectivity index (χ4n) is 2.18. The van der Waals surface area contributed by atoms with Crippen LogP contribution >= 0.6 is 8.03 Å². The Hall–Kier alpha value is -1.76. The molecule has 0 aliphatic carbocycles. The van der Waals surface area contributed by atoms with Crippen LogP contribution in [0.5, 0.6) is 0 Å². The summed E-state index contributed by atoms with van der Waals surface area (Å²) in [6, 6.07) is 17.2. The summed E-state index contributed by atoms with van der Waals surface area (Å²) < 4.78 is 11.2. The van der Waals surface area contributed by atoms with Crippen LogP contribution in [0.2, 0.25) is 0 Å². The van der Waals surface area contributed by atoms with Crippen LogP contribution < -0.4 is 10.2 Å². The van der Waals surface area contributed by atoms with E-state index < -0.39 is 8.03 Å². The summed E-state index contributed by atoms with van der Waals surface area (Å²) in [7, 11) is -2.55. The van der Waals surface area contributed by atoms with Crippen LogP contribution in [0.4, 0.5) is 0 Å². The van der Waals surface area contributed by atoms with Gasteiger partial charge in [-0.3, -0.25) is 0 Å². The maximum absolute atomic E-state index is 11.2. The van der Waals surface area contributed by atoms with Crippen molar-refractivity contribution in [1.29, 1.82) is 0 Å². The topological polar surface area (TPSA) is 40.1 Å². The van der Waals surface area contributed by atoms with Gasteiger partial charge in [-0.2, -0.15) is 0 Å². The van der Waals surface area contributed by atoms with Crippen LogP contribution in [0.15, 0.2) is 54.6 Å². The second kappa shape index (κ2) is 3.92. The third-order valence-electron chi connectivity index (χ3n) is 2.96. The summed E-state index contributed by atoms with van der Waals surface area (Å²) in [4.78, 5) is 11.2. The fourth-order valence-corrected chi connectivity index (χ4v) is 2.78. The van der Waals surface area contributed by atoms with E-state index in [2.05, 4.69) is 0 Å². The van der Waals surface area contributed by atoms with Crippen molar-refractivity contribution in [2.45, 2.75) is 0 Å². The molecule has 0 aliphatic rings. The van der Waals surface area contributed by atoms with Gasteiger partial charge in [-0.05, 0) is 28.3 Å².